The van der Waals surface area contributed by atoms with Crippen LogP contribution in [0.1, 0.15) is 49.1 Å². The summed E-state index contributed by atoms with van der Waals surface area (Å²) in [6.45, 7) is 4.47. The number of fused-ring (bicyclic) bond motifs is 1. The predicted octanol–water partition coefficient (Wildman–Crippen LogP) is 5.33. The molecule has 2 N–H and O–H groups in total. The highest BCUT2D eigenvalue weighted by atomic mass is 32.2. The van der Waals surface area contributed by atoms with Gasteiger partial charge in [0.15, 0.2) is 5.82 Å². The molecule has 270 valence electrons. The standard InChI is InChI=1S/C34H37F4N9O3S/c1-44-29-16-23(2-4-26(29)31(43-44)47-15-10-30(48)42-33(47)49)22-8-11-45(12-9-22)20-21-6-13-46(14-7-21)51(50)25-3-5-28(27(35)17-25)41-32-39-18-24(19-40-32)34(36,37)38/h2-5,16-19,21-22H,6-15,20H2,1H3,(H,39,40,41)(H,42,48,49). The maximum Gasteiger partial charge on any atom is 0.419 e. The van der Waals surface area contributed by atoms with Crippen molar-refractivity contribution in [1.29, 1.82) is 0 Å². The minimum atomic E-state index is -4.57. The van der Waals surface area contributed by atoms with Crippen LogP contribution >= 0.6 is 0 Å². The fraction of sp³-hybridized carbons (Fsp3) is 0.441. The second-order valence-electron chi connectivity index (χ2n) is 13.2. The number of rotatable bonds is 8. The Hall–Kier alpha value is -4.48. The van der Waals surface area contributed by atoms with Gasteiger partial charge in [-0.3, -0.25) is 19.7 Å². The first-order valence-corrected chi connectivity index (χ1v) is 18.0. The molecule has 0 radical (unpaired) electrons. The van der Waals surface area contributed by atoms with Gasteiger partial charge in [-0.2, -0.15) is 18.3 Å². The monoisotopic (exact) mass is 727 g/mol. The van der Waals surface area contributed by atoms with Gasteiger partial charge in [0, 0.05) is 57.4 Å². The number of aryl methyl sites for hydroxylation is 1. The fourth-order valence-corrected chi connectivity index (χ4v) is 8.29. The topological polar surface area (TPSA) is 129 Å². The number of nitrogens with one attached hydrogen (secondary N) is 2. The summed E-state index contributed by atoms with van der Waals surface area (Å²) < 4.78 is 70.1. The Morgan fingerprint density at radius 1 is 0.961 bits per heavy atom. The lowest BCUT2D eigenvalue weighted by atomic mass is 9.88. The first kappa shape index (κ1) is 34.9. The van der Waals surface area contributed by atoms with E-state index in [9.17, 15) is 31.4 Å². The molecule has 17 heteroatoms. The van der Waals surface area contributed by atoms with Crippen LogP contribution in [0, 0.1) is 11.7 Å². The lowest BCUT2D eigenvalue weighted by molar-refractivity contribution is -0.138. The van der Waals surface area contributed by atoms with Gasteiger partial charge in [0.25, 0.3) is 0 Å². The number of alkyl halides is 3. The molecule has 3 aliphatic rings. The van der Waals surface area contributed by atoms with Crippen LogP contribution in [-0.4, -0.2) is 84.4 Å². The van der Waals surface area contributed by atoms with E-state index in [-0.39, 0.29) is 24.0 Å². The molecule has 0 bridgehead atoms. The molecule has 3 saturated heterocycles. The minimum absolute atomic E-state index is 0.0346. The molecule has 7 rings (SSSR count). The van der Waals surface area contributed by atoms with Crippen molar-refractivity contribution in [3.63, 3.8) is 0 Å². The van der Waals surface area contributed by atoms with Gasteiger partial charge in [-0.1, -0.05) is 6.07 Å². The number of halogens is 4. The van der Waals surface area contributed by atoms with Crippen LogP contribution < -0.4 is 15.5 Å². The Morgan fingerprint density at radius 2 is 1.69 bits per heavy atom. The van der Waals surface area contributed by atoms with Crippen molar-refractivity contribution in [2.75, 3.05) is 49.5 Å². The average Bonchev–Trinajstić information content (AvgIpc) is 3.44. The lowest BCUT2D eigenvalue weighted by Crippen LogP contribution is -2.49. The lowest BCUT2D eigenvalue weighted by Gasteiger charge is -2.37. The quantitative estimate of drug-likeness (QED) is 0.234. The fourth-order valence-electron chi connectivity index (χ4n) is 7.06. The average molecular weight is 728 g/mol. The number of hydrogen-bond donors (Lipinski definition) is 2. The molecule has 12 nitrogen and oxygen atoms in total. The summed E-state index contributed by atoms with van der Waals surface area (Å²) in [5, 5.41) is 10.4. The van der Waals surface area contributed by atoms with Crippen LogP contribution in [0.25, 0.3) is 10.9 Å². The number of nitrogens with zero attached hydrogens (tertiary/aromatic N) is 7. The van der Waals surface area contributed by atoms with E-state index in [1.807, 2.05) is 17.4 Å². The third-order valence-electron chi connectivity index (χ3n) is 9.92. The molecule has 1 unspecified atom stereocenters. The van der Waals surface area contributed by atoms with Gasteiger partial charge in [0.05, 0.1) is 21.7 Å². The summed E-state index contributed by atoms with van der Waals surface area (Å²) in [5.41, 5.74) is 1.15. The highest BCUT2D eigenvalue weighted by molar-refractivity contribution is 7.82. The number of amides is 3. The number of piperidine rings is 2. The van der Waals surface area contributed by atoms with Gasteiger partial charge in [0.1, 0.15) is 16.8 Å². The molecule has 1 atom stereocenters. The van der Waals surface area contributed by atoms with Gasteiger partial charge in [0.2, 0.25) is 11.9 Å². The van der Waals surface area contributed by atoms with Gasteiger partial charge in [-0.15, -0.1) is 0 Å². The Kier molecular flexibility index (Phi) is 9.78. The SMILES string of the molecule is Cn1nc(N2CCC(=O)NC2=O)c2ccc(C3CCN(CC4CCN(S(=O)c5ccc(Nc6ncc(C(F)(F)F)cn6)c(F)c5)CC4)CC3)cc21. The zero-order valence-electron chi connectivity index (χ0n) is 27.8. The van der Waals surface area contributed by atoms with E-state index in [4.69, 9.17) is 0 Å². The van der Waals surface area contributed by atoms with Crippen molar-refractivity contribution in [3.8, 4) is 0 Å². The van der Waals surface area contributed by atoms with Crippen molar-refractivity contribution in [2.24, 2.45) is 13.0 Å². The molecule has 0 aliphatic carbocycles. The number of anilines is 3. The summed E-state index contributed by atoms with van der Waals surface area (Å²) in [6, 6.07) is 9.95. The normalized spacial score (nSPS) is 19.4. The molecule has 5 heterocycles. The molecule has 2 aromatic heterocycles. The van der Waals surface area contributed by atoms with Crippen molar-refractivity contribution >= 4 is 51.3 Å². The van der Waals surface area contributed by atoms with Crippen molar-refractivity contribution in [1.82, 2.24) is 34.3 Å². The van der Waals surface area contributed by atoms with E-state index in [1.165, 1.54) is 28.7 Å². The number of benzene rings is 2. The Morgan fingerprint density at radius 3 is 2.35 bits per heavy atom. The molecule has 3 amide bonds. The summed E-state index contributed by atoms with van der Waals surface area (Å²) in [5.74, 6) is 0.259. The van der Waals surface area contributed by atoms with E-state index in [1.54, 1.807) is 4.68 Å². The third kappa shape index (κ3) is 7.60. The summed E-state index contributed by atoms with van der Waals surface area (Å²) >= 11 is 0. The maximum atomic E-state index is 14.9. The highest BCUT2D eigenvalue weighted by Gasteiger charge is 2.32. The second-order valence-corrected chi connectivity index (χ2v) is 14.7. The number of carbonyl (C=O) groups excluding carboxylic acids is 2. The first-order chi connectivity index (χ1) is 24.4. The van der Waals surface area contributed by atoms with E-state index >= 15 is 0 Å². The summed E-state index contributed by atoms with van der Waals surface area (Å²) in [6.07, 6.45) is 0.710. The zero-order chi connectivity index (χ0) is 35.9. The molecular formula is C34H37F4N9O3S. The molecule has 0 saturated carbocycles. The summed E-state index contributed by atoms with van der Waals surface area (Å²) in [4.78, 5) is 35.6. The van der Waals surface area contributed by atoms with E-state index in [2.05, 4.69) is 42.7 Å². The van der Waals surface area contributed by atoms with Crippen molar-refractivity contribution < 1.29 is 31.4 Å². The minimum Gasteiger partial charge on any atom is -0.322 e. The largest absolute Gasteiger partial charge is 0.419 e. The van der Waals surface area contributed by atoms with Crippen molar-refractivity contribution in [2.45, 2.75) is 49.1 Å². The molecule has 0 spiro atoms. The number of imide groups is 1. The number of carbonyl (C=O) groups is 2. The van der Waals surface area contributed by atoms with E-state index in [0.717, 1.165) is 56.2 Å². The Balaban J connectivity index is 0.884. The number of aromatic nitrogens is 4. The number of likely N-dealkylation sites (tertiary alicyclic amines) is 1. The molecule has 3 aliphatic heterocycles. The predicted molar refractivity (Wildman–Crippen MR) is 182 cm³/mol. The summed E-state index contributed by atoms with van der Waals surface area (Å²) in [7, 11) is 0.307. The zero-order valence-corrected chi connectivity index (χ0v) is 28.6. The highest BCUT2D eigenvalue weighted by Crippen LogP contribution is 2.35. The van der Waals surface area contributed by atoms with Crippen LogP contribution in [0.5, 0.6) is 0 Å². The molecule has 51 heavy (non-hydrogen) atoms. The molecule has 2 aromatic carbocycles. The van der Waals surface area contributed by atoms with Crippen LogP contribution in [0.15, 0.2) is 53.7 Å². The van der Waals surface area contributed by atoms with Crippen LogP contribution in [0.2, 0.25) is 0 Å². The van der Waals surface area contributed by atoms with Gasteiger partial charge < -0.3 is 10.2 Å². The third-order valence-corrected chi connectivity index (χ3v) is 11.4. The smallest absolute Gasteiger partial charge is 0.322 e. The van der Waals surface area contributed by atoms with Crippen LogP contribution in [0.3, 0.4) is 0 Å². The van der Waals surface area contributed by atoms with Crippen LogP contribution in [-0.2, 0) is 29.0 Å². The molecule has 3 fully saturated rings. The van der Waals surface area contributed by atoms with Gasteiger partial charge >= 0.3 is 12.2 Å². The molecule has 4 aromatic rings. The number of urea groups is 1. The van der Waals surface area contributed by atoms with Crippen molar-refractivity contribution in [3.05, 3.63) is 65.7 Å². The van der Waals surface area contributed by atoms with Gasteiger partial charge in [-0.25, -0.2) is 27.7 Å². The Labute approximate surface area is 293 Å². The van der Waals surface area contributed by atoms with Crippen LogP contribution in [0.4, 0.5) is 39.8 Å². The maximum absolute atomic E-state index is 14.9. The number of hydrogen-bond acceptors (Lipinski definition) is 8. The second kappa shape index (κ2) is 14.3. The molecular weight excluding hydrogens is 690 g/mol. The first-order valence-electron chi connectivity index (χ1n) is 16.9. The van der Waals surface area contributed by atoms with E-state index < -0.39 is 34.6 Å². The Bertz CT molecular complexity index is 1960. The van der Waals surface area contributed by atoms with Gasteiger partial charge in [-0.05, 0) is 86.5 Å². The van der Waals surface area contributed by atoms with E-state index in [0.29, 0.717) is 54.6 Å².